The van der Waals surface area contributed by atoms with Gasteiger partial charge in [-0.25, -0.2) is 0 Å². The third-order valence-corrected chi connectivity index (χ3v) is 2.71. The molecule has 0 bridgehead atoms. The van der Waals surface area contributed by atoms with Crippen LogP contribution in [0.2, 0.25) is 5.15 Å². The third kappa shape index (κ3) is 2.39. The van der Waals surface area contributed by atoms with Crippen LogP contribution < -0.4 is 4.74 Å². The summed E-state index contributed by atoms with van der Waals surface area (Å²) in [7, 11) is 0. The molecule has 2 aromatic rings. The molecule has 0 saturated heterocycles. The van der Waals surface area contributed by atoms with Crippen LogP contribution in [0.15, 0.2) is 19.0 Å². The van der Waals surface area contributed by atoms with Gasteiger partial charge in [-0.2, -0.15) is 19.6 Å². The molecule has 0 unspecified atom stereocenters. The minimum atomic E-state index is 0.393. The summed E-state index contributed by atoms with van der Waals surface area (Å²) < 4.78 is 7.23. The zero-order valence-corrected chi connectivity index (χ0v) is 10.3. The summed E-state index contributed by atoms with van der Waals surface area (Å²) in [6.07, 6.45) is 5.10. The summed E-state index contributed by atoms with van der Waals surface area (Å²) in [6, 6.07) is 0. The van der Waals surface area contributed by atoms with Crippen molar-refractivity contribution in [3.05, 3.63) is 29.7 Å². The average Bonchev–Trinajstić information content (AvgIpc) is 2.76. The summed E-state index contributed by atoms with van der Waals surface area (Å²) >= 11 is 6.00. The number of hydrogen-bond acceptors (Lipinski definition) is 4. The Labute approximate surface area is 104 Å². The van der Waals surface area contributed by atoms with Crippen molar-refractivity contribution in [2.45, 2.75) is 19.8 Å². The summed E-state index contributed by atoms with van der Waals surface area (Å²) in [5.74, 6) is 1.04. The van der Waals surface area contributed by atoms with E-state index in [1.165, 1.54) is 6.33 Å². The van der Waals surface area contributed by atoms with Gasteiger partial charge in [-0.3, -0.25) is 0 Å². The van der Waals surface area contributed by atoms with Crippen LogP contribution >= 0.6 is 11.6 Å². The molecule has 0 aliphatic heterocycles. The van der Waals surface area contributed by atoms with Crippen molar-refractivity contribution in [1.29, 1.82) is 0 Å². The largest absolute Gasteiger partial charge is 0.477 e. The van der Waals surface area contributed by atoms with Crippen molar-refractivity contribution in [1.82, 2.24) is 19.6 Å². The molecule has 0 radical (unpaired) electrons. The van der Waals surface area contributed by atoms with Crippen molar-refractivity contribution in [2.24, 2.45) is 0 Å². The topological polar surface area (TPSA) is 52.3 Å². The predicted octanol–water partition coefficient (Wildman–Crippen LogP) is 2.43. The molecule has 0 atom stereocenters. The number of unbranched alkanes of at least 4 members (excludes halogenated alkanes) is 1. The van der Waals surface area contributed by atoms with Crippen molar-refractivity contribution < 1.29 is 4.74 Å². The number of rotatable bonds is 5. The number of aromatic nitrogens is 4. The Morgan fingerprint density at radius 3 is 3.18 bits per heavy atom. The molecule has 0 saturated carbocycles. The number of ether oxygens (including phenoxy) is 1. The lowest BCUT2D eigenvalue weighted by Crippen LogP contribution is -2.06. The van der Waals surface area contributed by atoms with E-state index in [2.05, 4.69) is 21.6 Å². The van der Waals surface area contributed by atoms with Crippen LogP contribution in [0, 0.1) is 6.92 Å². The Morgan fingerprint density at radius 2 is 2.41 bits per heavy atom. The normalized spacial score (nSPS) is 10.7. The van der Waals surface area contributed by atoms with Gasteiger partial charge < -0.3 is 4.74 Å². The van der Waals surface area contributed by atoms with Crippen LogP contribution in [-0.4, -0.2) is 26.2 Å². The average molecular weight is 253 g/mol. The Balaban J connectivity index is 2.27. The first kappa shape index (κ1) is 11.9. The van der Waals surface area contributed by atoms with Crippen molar-refractivity contribution >= 4 is 17.4 Å². The van der Waals surface area contributed by atoms with Crippen LogP contribution in [0.4, 0.5) is 0 Å². The van der Waals surface area contributed by atoms with Gasteiger partial charge in [0.15, 0.2) is 0 Å². The zero-order chi connectivity index (χ0) is 12.3. The van der Waals surface area contributed by atoms with Crippen LogP contribution in [0.5, 0.6) is 5.88 Å². The molecule has 2 heterocycles. The summed E-state index contributed by atoms with van der Waals surface area (Å²) in [4.78, 5) is 8.08. The van der Waals surface area contributed by atoms with Gasteiger partial charge in [0.1, 0.15) is 11.5 Å². The molecule has 6 heteroatoms. The second-order valence-electron chi connectivity index (χ2n) is 3.58. The first-order valence-corrected chi connectivity index (χ1v) is 5.71. The monoisotopic (exact) mass is 252 g/mol. The fourth-order valence-electron chi connectivity index (χ4n) is 1.44. The number of nitrogens with zero attached hydrogens (tertiary/aromatic N) is 4. The lowest BCUT2D eigenvalue weighted by atomic mass is 10.3. The smallest absolute Gasteiger partial charge is 0.256 e. The molecule has 0 spiro atoms. The molecule has 0 aliphatic rings. The molecule has 0 aliphatic carbocycles. The molecule has 5 nitrogen and oxygen atoms in total. The molecule has 90 valence electrons. The van der Waals surface area contributed by atoms with Gasteiger partial charge in [0.2, 0.25) is 5.88 Å². The molecule has 2 rings (SSSR count). The maximum Gasteiger partial charge on any atom is 0.256 e. The third-order valence-electron chi connectivity index (χ3n) is 2.34. The minimum absolute atomic E-state index is 0.393. The number of halogens is 1. The Morgan fingerprint density at radius 1 is 1.59 bits per heavy atom. The van der Waals surface area contributed by atoms with Crippen molar-refractivity contribution in [3.63, 3.8) is 0 Å². The van der Waals surface area contributed by atoms with E-state index in [1.54, 1.807) is 4.52 Å². The second-order valence-corrected chi connectivity index (χ2v) is 3.94. The van der Waals surface area contributed by atoms with E-state index in [1.807, 2.05) is 13.0 Å². The highest BCUT2D eigenvalue weighted by molar-refractivity contribution is 6.30. The molecular formula is C11H13ClN4O. The number of hydrogen-bond donors (Lipinski definition) is 0. The van der Waals surface area contributed by atoms with Crippen LogP contribution in [0.1, 0.15) is 18.4 Å². The second kappa shape index (κ2) is 5.14. The standard InChI is InChI=1S/C11H13ClN4O/c1-3-4-5-6-17-10-8(2)9(12)15-11-13-7-14-16(10)11/h3,7H,1,4-6H2,2H3. The summed E-state index contributed by atoms with van der Waals surface area (Å²) in [6.45, 7) is 6.10. The molecule has 0 amide bonds. The van der Waals surface area contributed by atoms with Gasteiger partial charge in [0.25, 0.3) is 5.78 Å². The van der Waals surface area contributed by atoms with Gasteiger partial charge in [-0.15, -0.1) is 6.58 Å². The fourth-order valence-corrected chi connectivity index (χ4v) is 1.60. The highest BCUT2D eigenvalue weighted by atomic mass is 35.5. The summed E-state index contributed by atoms with van der Waals surface area (Å²) in [5.41, 5.74) is 0.767. The maximum atomic E-state index is 6.00. The molecular weight excluding hydrogens is 240 g/mol. The Kier molecular flexibility index (Phi) is 3.58. The maximum absolute atomic E-state index is 6.00. The van der Waals surface area contributed by atoms with Crippen LogP contribution in [-0.2, 0) is 0 Å². The molecule has 0 aromatic carbocycles. The van der Waals surface area contributed by atoms with E-state index >= 15 is 0 Å². The van der Waals surface area contributed by atoms with Crippen LogP contribution in [0.3, 0.4) is 0 Å². The van der Waals surface area contributed by atoms with E-state index < -0.39 is 0 Å². The number of allylic oxidation sites excluding steroid dienone is 1. The minimum Gasteiger partial charge on any atom is -0.477 e. The SMILES string of the molecule is C=CCCCOc1c(C)c(Cl)nc2ncnn12. The lowest BCUT2D eigenvalue weighted by molar-refractivity contribution is 0.290. The quantitative estimate of drug-likeness (QED) is 0.466. The first-order chi connectivity index (χ1) is 8.24. The predicted molar refractivity (Wildman–Crippen MR) is 65.5 cm³/mol. The first-order valence-electron chi connectivity index (χ1n) is 5.33. The van der Waals surface area contributed by atoms with E-state index in [-0.39, 0.29) is 0 Å². The van der Waals surface area contributed by atoms with E-state index in [0.29, 0.717) is 23.4 Å². The van der Waals surface area contributed by atoms with Gasteiger partial charge in [0, 0.05) is 5.56 Å². The molecule has 17 heavy (non-hydrogen) atoms. The van der Waals surface area contributed by atoms with Crippen molar-refractivity contribution in [3.8, 4) is 5.88 Å². The van der Waals surface area contributed by atoms with Crippen LogP contribution in [0.25, 0.3) is 5.78 Å². The van der Waals surface area contributed by atoms with E-state index in [4.69, 9.17) is 16.3 Å². The van der Waals surface area contributed by atoms with Crippen molar-refractivity contribution in [2.75, 3.05) is 6.61 Å². The molecule has 0 N–H and O–H groups in total. The van der Waals surface area contributed by atoms with E-state index in [9.17, 15) is 0 Å². The summed E-state index contributed by atoms with van der Waals surface area (Å²) in [5, 5.41) is 4.45. The lowest BCUT2D eigenvalue weighted by Gasteiger charge is -2.10. The fraction of sp³-hybridized carbons (Fsp3) is 0.364. The van der Waals surface area contributed by atoms with Gasteiger partial charge >= 0.3 is 0 Å². The number of fused-ring (bicyclic) bond motifs is 1. The zero-order valence-electron chi connectivity index (χ0n) is 9.56. The highest BCUT2D eigenvalue weighted by Crippen LogP contribution is 2.24. The molecule has 0 fully saturated rings. The van der Waals surface area contributed by atoms with Gasteiger partial charge in [-0.1, -0.05) is 17.7 Å². The Hall–Kier alpha value is -1.62. The highest BCUT2D eigenvalue weighted by Gasteiger charge is 2.12. The van der Waals surface area contributed by atoms with Gasteiger partial charge in [-0.05, 0) is 19.8 Å². The Bertz CT molecular complexity index is 537. The molecule has 2 aromatic heterocycles. The van der Waals surface area contributed by atoms with Gasteiger partial charge in [0.05, 0.1) is 6.61 Å². The van der Waals surface area contributed by atoms with E-state index in [0.717, 1.165) is 18.4 Å².